The molecule has 3 amide bonds. The molecule has 2 N–H and O–H groups in total. The number of amides is 3. The molecule has 6 nitrogen and oxygen atoms in total. The van der Waals surface area contributed by atoms with Gasteiger partial charge >= 0.3 is 6.03 Å². The molecule has 1 saturated heterocycles. The number of hydrazone groups is 1. The summed E-state index contributed by atoms with van der Waals surface area (Å²) in [6.07, 6.45) is 2.09. The van der Waals surface area contributed by atoms with E-state index in [-0.39, 0.29) is 5.91 Å². The summed E-state index contributed by atoms with van der Waals surface area (Å²) in [7, 11) is 0. The highest BCUT2D eigenvalue weighted by atomic mass is 16.2. The second-order valence-electron chi connectivity index (χ2n) is 5.69. The fourth-order valence-corrected chi connectivity index (χ4v) is 2.59. The van der Waals surface area contributed by atoms with Crippen LogP contribution in [0.5, 0.6) is 0 Å². The predicted octanol–water partition coefficient (Wildman–Crippen LogP) is 2.53. The van der Waals surface area contributed by atoms with Crippen molar-refractivity contribution < 1.29 is 9.59 Å². The van der Waals surface area contributed by atoms with Crippen molar-refractivity contribution >= 4 is 29.1 Å². The molecule has 1 atom stereocenters. The van der Waals surface area contributed by atoms with Gasteiger partial charge in [0.05, 0.1) is 6.21 Å². The largest absolute Gasteiger partial charge is 0.358 e. The number of imide groups is 1. The van der Waals surface area contributed by atoms with Crippen molar-refractivity contribution in [3.05, 3.63) is 35.5 Å². The molecule has 1 fully saturated rings. The molecular formula is C16H18N4O2. The Balaban J connectivity index is 1.95. The molecule has 6 heteroatoms. The van der Waals surface area contributed by atoms with Gasteiger partial charge in [-0.2, -0.15) is 5.10 Å². The van der Waals surface area contributed by atoms with E-state index in [9.17, 15) is 9.59 Å². The smallest absolute Gasteiger partial charge is 0.346 e. The number of aryl methyl sites for hydroxylation is 1. The Kier molecular flexibility index (Phi) is 3.24. The van der Waals surface area contributed by atoms with Gasteiger partial charge in [0.15, 0.2) is 0 Å². The number of para-hydroxylation sites is 1. The summed E-state index contributed by atoms with van der Waals surface area (Å²) in [6.45, 7) is 5.50. The van der Waals surface area contributed by atoms with Gasteiger partial charge in [-0.05, 0) is 26.3 Å². The lowest BCUT2D eigenvalue weighted by Gasteiger charge is -2.17. The number of nitrogens with one attached hydrogen (secondary N) is 2. The van der Waals surface area contributed by atoms with Crippen molar-refractivity contribution in [2.24, 2.45) is 5.10 Å². The number of hydrogen-bond donors (Lipinski definition) is 2. The number of H-pyrrole nitrogens is 1. The molecule has 2 heterocycles. The number of urea groups is 1. The molecule has 0 radical (unpaired) electrons. The van der Waals surface area contributed by atoms with Crippen molar-refractivity contribution in [1.29, 1.82) is 0 Å². The van der Waals surface area contributed by atoms with E-state index in [0.29, 0.717) is 6.42 Å². The molecule has 1 unspecified atom stereocenters. The monoisotopic (exact) mass is 298 g/mol. The Hall–Kier alpha value is -2.63. The van der Waals surface area contributed by atoms with Crippen LogP contribution >= 0.6 is 0 Å². The van der Waals surface area contributed by atoms with E-state index in [2.05, 4.69) is 15.4 Å². The van der Waals surface area contributed by atoms with Crippen molar-refractivity contribution in [1.82, 2.24) is 15.3 Å². The summed E-state index contributed by atoms with van der Waals surface area (Å²) in [5.41, 5.74) is 1.94. The number of hydrogen-bond acceptors (Lipinski definition) is 3. The normalized spacial score (nSPS) is 22.0. The molecule has 22 heavy (non-hydrogen) atoms. The van der Waals surface area contributed by atoms with Crippen LogP contribution in [-0.4, -0.2) is 33.7 Å². The van der Waals surface area contributed by atoms with E-state index in [4.69, 9.17) is 0 Å². The van der Waals surface area contributed by atoms with Crippen molar-refractivity contribution in [3.8, 4) is 0 Å². The van der Waals surface area contributed by atoms with Gasteiger partial charge in [0, 0.05) is 22.2 Å². The van der Waals surface area contributed by atoms with Crippen molar-refractivity contribution in [2.45, 2.75) is 32.7 Å². The minimum absolute atomic E-state index is 0.325. The number of carbonyl (C=O) groups excluding carboxylic acids is 2. The maximum atomic E-state index is 12.3. The first kappa shape index (κ1) is 14.3. The Morgan fingerprint density at radius 3 is 2.73 bits per heavy atom. The molecule has 1 aliphatic rings. The second kappa shape index (κ2) is 4.98. The van der Waals surface area contributed by atoms with E-state index in [1.165, 1.54) is 0 Å². The fourth-order valence-electron chi connectivity index (χ4n) is 2.59. The summed E-state index contributed by atoms with van der Waals surface area (Å²) >= 11 is 0. The zero-order valence-electron chi connectivity index (χ0n) is 12.8. The van der Waals surface area contributed by atoms with Gasteiger partial charge in [0.2, 0.25) is 0 Å². The number of carbonyl (C=O) groups is 2. The van der Waals surface area contributed by atoms with E-state index in [1.807, 2.05) is 38.1 Å². The first-order chi connectivity index (χ1) is 10.5. The third-order valence-corrected chi connectivity index (χ3v) is 4.19. The highest BCUT2D eigenvalue weighted by Crippen LogP contribution is 2.23. The lowest BCUT2D eigenvalue weighted by Crippen LogP contribution is -2.42. The second-order valence-corrected chi connectivity index (χ2v) is 5.69. The number of aromatic amines is 1. The molecule has 3 rings (SSSR count). The zero-order valence-corrected chi connectivity index (χ0v) is 12.8. The van der Waals surface area contributed by atoms with E-state index >= 15 is 0 Å². The molecular weight excluding hydrogens is 280 g/mol. The first-order valence-electron chi connectivity index (χ1n) is 7.24. The molecule has 2 aromatic rings. The lowest BCUT2D eigenvalue weighted by atomic mass is 10.00. The van der Waals surface area contributed by atoms with Crippen molar-refractivity contribution in [2.75, 3.05) is 0 Å². The van der Waals surface area contributed by atoms with E-state index in [1.54, 1.807) is 13.1 Å². The Bertz CT molecular complexity index is 793. The summed E-state index contributed by atoms with van der Waals surface area (Å²) < 4.78 is 0. The summed E-state index contributed by atoms with van der Waals surface area (Å²) in [5, 5.41) is 8.70. The molecule has 1 aromatic carbocycles. The Morgan fingerprint density at radius 2 is 2.05 bits per heavy atom. The number of nitrogens with zero attached hydrogens (tertiary/aromatic N) is 2. The van der Waals surface area contributed by atoms with Crippen LogP contribution in [-0.2, 0) is 4.79 Å². The van der Waals surface area contributed by atoms with E-state index < -0.39 is 11.6 Å². The molecule has 1 aliphatic heterocycles. The highest BCUT2D eigenvalue weighted by Gasteiger charge is 2.46. The van der Waals surface area contributed by atoms with Crippen LogP contribution in [0.25, 0.3) is 10.9 Å². The molecule has 0 bridgehead atoms. The topological polar surface area (TPSA) is 77.6 Å². The summed E-state index contributed by atoms with van der Waals surface area (Å²) in [4.78, 5) is 27.5. The molecule has 0 aliphatic carbocycles. The van der Waals surface area contributed by atoms with Gasteiger partial charge in [-0.25, -0.2) is 4.79 Å². The minimum atomic E-state index is -0.871. The van der Waals surface area contributed by atoms with Gasteiger partial charge in [0.25, 0.3) is 5.91 Å². The average Bonchev–Trinajstić information content (AvgIpc) is 2.93. The van der Waals surface area contributed by atoms with Crippen LogP contribution in [0, 0.1) is 6.92 Å². The van der Waals surface area contributed by atoms with Crippen LogP contribution in [0.4, 0.5) is 4.79 Å². The SMILES string of the molecule is CCC1(C)NC(=O)N(N=Cc2c(C)[nH]c3ccccc23)C1=O. The van der Waals surface area contributed by atoms with E-state index in [0.717, 1.165) is 27.2 Å². The van der Waals surface area contributed by atoms with Crippen LogP contribution in [0.3, 0.4) is 0 Å². The van der Waals surface area contributed by atoms with Crippen LogP contribution in [0.2, 0.25) is 0 Å². The quantitative estimate of drug-likeness (QED) is 0.674. The van der Waals surface area contributed by atoms with Gasteiger partial charge in [-0.15, -0.1) is 5.01 Å². The lowest BCUT2D eigenvalue weighted by molar-refractivity contribution is -0.130. The third kappa shape index (κ3) is 2.07. The maximum absolute atomic E-state index is 12.3. The molecule has 0 saturated carbocycles. The van der Waals surface area contributed by atoms with Gasteiger partial charge in [0.1, 0.15) is 5.54 Å². The van der Waals surface area contributed by atoms with Gasteiger partial charge in [-0.1, -0.05) is 25.1 Å². The van der Waals surface area contributed by atoms with Crippen LogP contribution in [0.1, 0.15) is 31.5 Å². The van der Waals surface area contributed by atoms with Gasteiger partial charge < -0.3 is 10.3 Å². The van der Waals surface area contributed by atoms with Gasteiger partial charge in [-0.3, -0.25) is 4.79 Å². The first-order valence-corrected chi connectivity index (χ1v) is 7.24. The fraction of sp³-hybridized carbons (Fsp3) is 0.312. The number of aromatic nitrogens is 1. The summed E-state index contributed by atoms with van der Waals surface area (Å²) in [5.74, 6) is -0.325. The number of rotatable bonds is 3. The molecule has 1 aromatic heterocycles. The van der Waals surface area contributed by atoms with Crippen molar-refractivity contribution in [3.63, 3.8) is 0 Å². The average molecular weight is 298 g/mol. The minimum Gasteiger partial charge on any atom is -0.358 e. The maximum Gasteiger partial charge on any atom is 0.346 e. The predicted molar refractivity (Wildman–Crippen MR) is 84.7 cm³/mol. The Labute approximate surface area is 128 Å². The number of fused-ring (bicyclic) bond motifs is 1. The number of benzene rings is 1. The molecule has 114 valence electrons. The standard InChI is InChI=1S/C16H18N4O2/c1-4-16(3)14(21)20(15(22)19-16)17-9-12-10(2)18-13-8-6-5-7-11(12)13/h5-9,18H,4H2,1-3H3,(H,19,22). The van der Waals surface area contributed by atoms with Crippen LogP contribution < -0.4 is 5.32 Å². The third-order valence-electron chi connectivity index (χ3n) is 4.19. The molecule has 0 spiro atoms. The summed E-state index contributed by atoms with van der Waals surface area (Å²) in [6, 6.07) is 7.35. The zero-order chi connectivity index (χ0) is 15.9. The highest BCUT2D eigenvalue weighted by molar-refractivity contribution is 6.08. The Morgan fingerprint density at radius 1 is 1.32 bits per heavy atom. The van der Waals surface area contributed by atoms with Crippen LogP contribution in [0.15, 0.2) is 29.4 Å².